The van der Waals surface area contributed by atoms with E-state index in [1.807, 2.05) is 10.9 Å². The van der Waals surface area contributed by atoms with Gasteiger partial charge in [0.1, 0.15) is 28.3 Å². The molecule has 10 nitrogen and oxygen atoms in total. The predicted octanol–water partition coefficient (Wildman–Crippen LogP) is 4.83. The quantitative estimate of drug-likeness (QED) is 0.189. The lowest BCUT2D eigenvalue weighted by Crippen LogP contribution is -2.43. The molecule has 2 heterocycles. The van der Waals surface area contributed by atoms with Crippen LogP contribution >= 0.6 is 11.6 Å². The molecule has 2 aromatic carbocycles. The van der Waals surface area contributed by atoms with E-state index in [1.165, 1.54) is 19.2 Å². The number of ether oxygens (including phenoxy) is 2. The molecule has 2 aliphatic rings. The van der Waals surface area contributed by atoms with Crippen molar-refractivity contribution in [2.75, 3.05) is 20.3 Å². The predicted molar refractivity (Wildman–Crippen MR) is 162 cm³/mol. The molecule has 0 unspecified atom stereocenters. The average Bonchev–Trinajstić information content (AvgIpc) is 3.95. The fraction of sp³-hybridized carbons (Fsp3) is 0.375. The van der Waals surface area contributed by atoms with Crippen LogP contribution in [0.4, 0.5) is 8.78 Å². The van der Waals surface area contributed by atoms with Crippen LogP contribution in [-0.4, -0.2) is 51.9 Å². The van der Waals surface area contributed by atoms with Crippen molar-refractivity contribution in [3.63, 3.8) is 0 Å². The summed E-state index contributed by atoms with van der Waals surface area (Å²) in [6.07, 6.45) is 5.02. The van der Waals surface area contributed by atoms with Gasteiger partial charge in [0.15, 0.2) is 11.6 Å². The lowest BCUT2D eigenvalue weighted by Gasteiger charge is -2.30. The monoisotopic (exact) mass is 639 g/mol. The fourth-order valence-corrected chi connectivity index (χ4v) is 5.78. The SMILES string of the molecule is CCOc1c(CC(N)=O)cc([C@@](O)(CNC(=O)c2cc(OC)c3nn(C4CC4)cc3c2)C2CC2)nc1-c1cc(F)c(F)c(Cl)c1. The van der Waals surface area contributed by atoms with E-state index in [1.54, 1.807) is 19.1 Å². The van der Waals surface area contributed by atoms with E-state index in [9.17, 15) is 23.5 Å². The standard InChI is InChI=1S/C32H32ClF2N5O5/c1-3-45-30-17(13-26(36)41)12-25(38-29(30)16-9-22(33)27(35)23(34)10-16)32(43,20-4-5-20)15-37-31(42)18-8-19-14-40(21-6-7-21)39-28(19)24(11-18)44-2/h8-12,14,20-21,43H,3-7,13,15H2,1-2H3,(H2,36,41)(H,37,42)/t32-/m1/s1. The Balaban J connectivity index is 1.38. The maximum Gasteiger partial charge on any atom is 0.251 e. The van der Waals surface area contributed by atoms with E-state index < -0.39 is 34.1 Å². The van der Waals surface area contributed by atoms with Crippen molar-refractivity contribution in [1.82, 2.24) is 20.1 Å². The average molecular weight is 640 g/mol. The second kappa shape index (κ2) is 11.9. The van der Waals surface area contributed by atoms with Crippen LogP contribution in [0.25, 0.3) is 22.2 Å². The van der Waals surface area contributed by atoms with E-state index in [4.69, 9.17) is 26.8 Å². The minimum atomic E-state index is -1.69. The summed E-state index contributed by atoms with van der Waals surface area (Å²) in [6, 6.07) is 7.28. The minimum Gasteiger partial charge on any atom is -0.494 e. The number of primary amides is 1. The van der Waals surface area contributed by atoms with Crippen LogP contribution in [0.3, 0.4) is 0 Å². The van der Waals surface area contributed by atoms with Crippen molar-refractivity contribution in [3.8, 4) is 22.8 Å². The third-order valence-corrected chi connectivity index (χ3v) is 8.44. The van der Waals surface area contributed by atoms with Gasteiger partial charge in [0.25, 0.3) is 5.91 Å². The van der Waals surface area contributed by atoms with E-state index in [0.717, 1.165) is 24.3 Å². The lowest BCUT2D eigenvalue weighted by atomic mass is 9.90. The Morgan fingerprint density at radius 3 is 2.56 bits per heavy atom. The number of methoxy groups -OCH3 is 1. The van der Waals surface area contributed by atoms with Crippen LogP contribution in [-0.2, 0) is 16.8 Å². The van der Waals surface area contributed by atoms with Gasteiger partial charge in [-0.05, 0) is 68.9 Å². The molecule has 2 aliphatic carbocycles. The molecule has 13 heteroatoms. The number of nitrogens with two attached hydrogens (primary N) is 1. The summed E-state index contributed by atoms with van der Waals surface area (Å²) in [5.74, 6) is -3.27. The lowest BCUT2D eigenvalue weighted by molar-refractivity contribution is -0.117. The van der Waals surface area contributed by atoms with Crippen LogP contribution in [0, 0.1) is 17.6 Å². The zero-order chi connectivity index (χ0) is 32.0. The van der Waals surface area contributed by atoms with E-state index >= 15 is 0 Å². The van der Waals surface area contributed by atoms with Gasteiger partial charge < -0.3 is 25.6 Å². The summed E-state index contributed by atoms with van der Waals surface area (Å²) in [5, 5.41) is 19.9. The Labute approximate surface area is 262 Å². The van der Waals surface area contributed by atoms with Gasteiger partial charge in [0.05, 0.1) is 43.4 Å². The van der Waals surface area contributed by atoms with Crippen molar-refractivity contribution in [1.29, 1.82) is 0 Å². The molecule has 0 bridgehead atoms. The third kappa shape index (κ3) is 6.04. The zero-order valence-corrected chi connectivity index (χ0v) is 25.5. The first-order valence-electron chi connectivity index (χ1n) is 14.7. The summed E-state index contributed by atoms with van der Waals surface area (Å²) in [4.78, 5) is 30.2. The highest BCUT2D eigenvalue weighted by atomic mass is 35.5. The number of aromatic nitrogens is 3. The van der Waals surface area contributed by atoms with Crippen molar-refractivity contribution >= 4 is 34.3 Å². The number of fused-ring (bicyclic) bond motifs is 1. The Morgan fingerprint density at radius 1 is 1.18 bits per heavy atom. The number of aliphatic hydroxyl groups is 1. The summed E-state index contributed by atoms with van der Waals surface area (Å²) >= 11 is 5.96. The molecule has 1 atom stereocenters. The third-order valence-electron chi connectivity index (χ3n) is 8.17. The van der Waals surface area contributed by atoms with Crippen LogP contribution in [0.1, 0.15) is 60.3 Å². The number of amides is 2. The number of pyridine rings is 1. The largest absolute Gasteiger partial charge is 0.494 e. The molecule has 0 radical (unpaired) electrons. The van der Waals surface area contributed by atoms with Crippen LogP contribution in [0.2, 0.25) is 5.02 Å². The fourth-order valence-electron chi connectivity index (χ4n) is 5.58. The van der Waals surface area contributed by atoms with Crippen molar-refractivity contribution < 1.29 is 33.0 Å². The number of rotatable bonds is 12. The molecule has 236 valence electrons. The highest BCUT2D eigenvalue weighted by Crippen LogP contribution is 2.47. The summed E-state index contributed by atoms with van der Waals surface area (Å²) in [5.41, 5.74) is 5.35. The Bertz CT molecular complexity index is 1800. The number of halogens is 3. The van der Waals surface area contributed by atoms with Gasteiger partial charge in [-0.2, -0.15) is 5.10 Å². The maximum absolute atomic E-state index is 14.5. The second-order valence-electron chi connectivity index (χ2n) is 11.5. The van der Waals surface area contributed by atoms with Gasteiger partial charge in [-0.3, -0.25) is 14.3 Å². The number of nitrogens with one attached hydrogen (secondary N) is 1. The topological polar surface area (TPSA) is 142 Å². The number of hydrogen-bond acceptors (Lipinski definition) is 7. The molecule has 4 aromatic rings. The highest BCUT2D eigenvalue weighted by Gasteiger charge is 2.47. The number of carbonyl (C=O) groups excluding carboxylic acids is 2. The molecule has 0 aliphatic heterocycles. The molecule has 2 amide bonds. The Kier molecular flexibility index (Phi) is 8.13. The summed E-state index contributed by atoms with van der Waals surface area (Å²) in [6.45, 7) is 1.64. The first-order valence-corrected chi connectivity index (χ1v) is 15.1. The van der Waals surface area contributed by atoms with Crippen molar-refractivity contribution in [3.05, 3.63) is 70.0 Å². The number of benzene rings is 2. The minimum absolute atomic E-state index is 0.0414. The number of nitrogens with zero attached hydrogens (tertiary/aromatic N) is 3. The molecule has 2 fully saturated rings. The molecular weight excluding hydrogens is 608 g/mol. The molecule has 0 spiro atoms. The van der Waals surface area contributed by atoms with E-state index in [0.29, 0.717) is 41.3 Å². The summed E-state index contributed by atoms with van der Waals surface area (Å²) < 4.78 is 41.8. The molecule has 45 heavy (non-hydrogen) atoms. The van der Waals surface area contributed by atoms with Gasteiger partial charge in [-0.1, -0.05) is 11.6 Å². The highest BCUT2D eigenvalue weighted by molar-refractivity contribution is 6.31. The van der Waals surface area contributed by atoms with Crippen LogP contribution < -0.4 is 20.5 Å². The molecule has 4 N–H and O–H groups in total. The molecule has 0 saturated heterocycles. The van der Waals surface area contributed by atoms with Crippen molar-refractivity contribution in [2.45, 2.75) is 50.7 Å². The van der Waals surface area contributed by atoms with Crippen LogP contribution in [0.15, 0.2) is 36.5 Å². The Hall–Kier alpha value is -4.29. The second-order valence-corrected chi connectivity index (χ2v) is 11.9. The smallest absolute Gasteiger partial charge is 0.251 e. The summed E-state index contributed by atoms with van der Waals surface area (Å²) in [7, 11) is 1.51. The van der Waals surface area contributed by atoms with Crippen molar-refractivity contribution in [2.24, 2.45) is 11.7 Å². The Morgan fingerprint density at radius 2 is 1.93 bits per heavy atom. The molecule has 2 aromatic heterocycles. The number of hydrogen-bond donors (Lipinski definition) is 3. The van der Waals surface area contributed by atoms with E-state index in [2.05, 4.69) is 15.4 Å². The van der Waals surface area contributed by atoms with Gasteiger partial charge in [0.2, 0.25) is 5.91 Å². The van der Waals surface area contributed by atoms with Gasteiger partial charge in [-0.15, -0.1) is 0 Å². The molecule has 2 saturated carbocycles. The van der Waals surface area contributed by atoms with Gasteiger partial charge >= 0.3 is 0 Å². The maximum atomic E-state index is 14.5. The zero-order valence-electron chi connectivity index (χ0n) is 24.7. The first kappa shape index (κ1) is 30.7. The first-order chi connectivity index (χ1) is 21.5. The normalized spacial score (nSPS) is 16.0. The molecule has 6 rings (SSSR count). The van der Waals surface area contributed by atoms with Crippen LogP contribution in [0.5, 0.6) is 11.5 Å². The van der Waals surface area contributed by atoms with Gasteiger partial charge in [0, 0.05) is 28.3 Å². The van der Waals surface area contributed by atoms with Gasteiger partial charge in [-0.25, -0.2) is 13.8 Å². The van der Waals surface area contributed by atoms with E-state index in [-0.39, 0.29) is 48.2 Å². The number of carbonyl (C=O) groups is 2. The molecular formula is C32H32ClF2N5O5.